The van der Waals surface area contributed by atoms with Gasteiger partial charge in [0.05, 0.1) is 17.4 Å². The molecule has 0 aliphatic carbocycles. The number of nitrogens with zero attached hydrogens (tertiary/aromatic N) is 2. The molecule has 0 saturated heterocycles. The Morgan fingerprint density at radius 1 is 1.13 bits per heavy atom. The summed E-state index contributed by atoms with van der Waals surface area (Å²) < 4.78 is 57.0. The predicted molar refractivity (Wildman–Crippen MR) is 98.7 cm³/mol. The third-order valence-corrected chi connectivity index (χ3v) is 3.96. The van der Waals surface area contributed by atoms with E-state index in [9.17, 15) is 27.2 Å². The fourth-order valence-corrected chi connectivity index (χ4v) is 2.22. The molecular weight excluding hydrogens is 432 g/mol. The van der Waals surface area contributed by atoms with Crippen LogP contribution in [0.5, 0.6) is 5.75 Å². The zero-order valence-corrected chi connectivity index (χ0v) is 16.1. The van der Waals surface area contributed by atoms with Crippen molar-refractivity contribution in [3.05, 3.63) is 52.8 Å². The van der Waals surface area contributed by atoms with Crippen molar-refractivity contribution in [1.82, 2.24) is 20.6 Å². The van der Waals surface area contributed by atoms with Crippen LogP contribution in [0.25, 0.3) is 0 Å². The van der Waals surface area contributed by atoms with Gasteiger partial charge >= 0.3 is 0 Å². The molecule has 1 aromatic heterocycles. The first-order valence-electron chi connectivity index (χ1n) is 8.63. The Kier molecular flexibility index (Phi) is 8.78. The number of hydrogen-bond donors (Lipinski definition) is 2. The molecule has 2 rings (SSSR count). The lowest BCUT2D eigenvalue weighted by molar-refractivity contribution is -0.123. The number of halogens is 5. The molecule has 0 bridgehead atoms. The second-order valence-electron chi connectivity index (χ2n) is 5.94. The van der Waals surface area contributed by atoms with Gasteiger partial charge in [-0.05, 0) is 18.6 Å². The molecular formula is C18H17ClF4N4O3. The molecule has 2 aromatic rings. The van der Waals surface area contributed by atoms with E-state index in [0.717, 1.165) is 18.5 Å². The summed E-state index contributed by atoms with van der Waals surface area (Å²) in [5.74, 6) is -1.88. The highest BCUT2D eigenvalue weighted by atomic mass is 35.5. The molecule has 1 unspecified atom stereocenters. The third-order valence-electron chi connectivity index (χ3n) is 3.65. The van der Waals surface area contributed by atoms with E-state index in [1.807, 2.05) is 0 Å². The predicted octanol–water partition coefficient (Wildman–Crippen LogP) is 2.86. The second-order valence-corrected chi connectivity index (χ2v) is 6.34. The number of amides is 2. The number of carbonyl (C=O) groups excluding carboxylic acids is 2. The second kappa shape index (κ2) is 11.3. The van der Waals surface area contributed by atoms with E-state index in [-0.39, 0.29) is 36.0 Å². The molecule has 0 saturated carbocycles. The van der Waals surface area contributed by atoms with E-state index in [0.29, 0.717) is 0 Å². The maximum absolute atomic E-state index is 13.8. The highest BCUT2D eigenvalue weighted by Gasteiger charge is 2.15. The normalized spacial score (nSPS) is 11.8. The minimum absolute atomic E-state index is 0.0307. The summed E-state index contributed by atoms with van der Waals surface area (Å²) in [6, 6.07) is 3.70. The van der Waals surface area contributed by atoms with Crippen LogP contribution in [0.4, 0.5) is 17.6 Å². The van der Waals surface area contributed by atoms with Crippen molar-refractivity contribution in [2.24, 2.45) is 0 Å². The van der Waals surface area contributed by atoms with Crippen molar-refractivity contribution in [3.8, 4) is 5.75 Å². The standard InChI is InChI=1S/C18H17ClF4N4O3/c19-12-2-1-11(5-13(12)21)30-9-16(28)24-4-3-10(20)6-27-18(29)15-8-25-14(7-26-15)17(22)23/h1-2,5,7-8,10,17H,3-4,6,9H2,(H,24,28)(H,27,29). The number of carbonyl (C=O) groups is 2. The molecule has 0 spiro atoms. The van der Waals surface area contributed by atoms with Crippen LogP contribution in [0.1, 0.15) is 29.0 Å². The van der Waals surface area contributed by atoms with Gasteiger partial charge in [0.1, 0.15) is 29.1 Å². The van der Waals surface area contributed by atoms with Gasteiger partial charge < -0.3 is 15.4 Å². The van der Waals surface area contributed by atoms with Gasteiger partial charge in [0.15, 0.2) is 6.61 Å². The highest BCUT2D eigenvalue weighted by Crippen LogP contribution is 2.20. The summed E-state index contributed by atoms with van der Waals surface area (Å²) in [4.78, 5) is 30.4. The Labute approximate surface area is 173 Å². The highest BCUT2D eigenvalue weighted by molar-refractivity contribution is 6.30. The molecule has 0 aliphatic heterocycles. The number of alkyl halides is 3. The molecule has 7 nitrogen and oxygen atoms in total. The van der Waals surface area contributed by atoms with Crippen molar-refractivity contribution in [2.75, 3.05) is 19.7 Å². The summed E-state index contributed by atoms with van der Waals surface area (Å²) in [6.45, 7) is -0.799. The molecule has 2 N–H and O–H groups in total. The van der Waals surface area contributed by atoms with E-state index < -0.39 is 42.5 Å². The fraction of sp³-hybridized carbons (Fsp3) is 0.333. The van der Waals surface area contributed by atoms with Crippen LogP contribution >= 0.6 is 11.6 Å². The van der Waals surface area contributed by atoms with Gasteiger partial charge in [-0.3, -0.25) is 14.6 Å². The molecule has 12 heteroatoms. The van der Waals surface area contributed by atoms with E-state index in [2.05, 4.69) is 20.6 Å². The van der Waals surface area contributed by atoms with Crippen molar-refractivity contribution in [1.29, 1.82) is 0 Å². The number of aromatic nitrogens is 2. The number of benzene rings is 1. The van der Waals surface area contributed by atoms with Crippen molar-refractivity contribution in [2.45, 2.75) is 19.0 Å². The Morgan fingerprint density at radius 3 is 2.53 bits per heavy atom. The number of rotatable bonds is 10. The molecule has 2 amide bonds. The smallest absolute Gasteiger partial charge is 0.281 e. The van der Waals surface area contributed by atoms with Crippen LogP contribution in [0.15, 0.2) is 30.6 Å². The summed E-state index contributed by atoms with van der Waals surface area (Å²) in [7, 11) is 0. The van der Waals surface area contributed by atoms with Gasteiger partial charge in [-0.2, -0.15) is 0 Å². The molecule has 30 heavy (non-hydrogen) atoms. The van der Waals surface area contributed by atoms with Crippen LogP contribution < -0.4 is 15.4 Å². The Balaban J connectivity index is 1.64. The SMILES string of the molecule is O=C(COc1ccc(Cl)c(F)c1)NCCC(F)CNC(=O)c1cnc(C(F)F)cn1. The first-order valence-corrected chi connectivity index (χ1v) is 9.01. The summed E-state index contributed by atoms with van der Waals surface area (Å²) in [5.41, 5.74) is -0.800. The summed E-state index contributed by atoms with van der Waals surface area (Å²) in [6.07, 6.45) is -2.75. The number of nitrogens with one attached hydrogen (secondary N) is 2. The lowest BCUT2D eigenvalue weighted by Crippen LogP contribution is -2.34. The quantitative estimate of drug-likeness (QED) is 0.545. The van der Waals surface area contributed by atoms with Crippen LogP contribution in [-0.4, -0.2) is 47.7 Å². The van der Waals surface area contributed by atoms with Crippen LogP contribution in [0, 0.1) is 5.82 Å². The summed E-state index contributed by atoms with van der Waals surface area (Å²) >= 11 is 5.53. The Hall–Kier alpha value is -2.95. The summed E-state index contributed by atoms with van der Waals surface area (Å²) in [5, 5.41) is 4.59. The van der Waals surface area contributed by atoms with Crippen molar-refractivity contribution >= 4 is 23.4 Å². The van der Waals surface area contributed by atoms with Gasteiger partial charge in [0, 0.05) is 19.2 Å². The Bertz CT molecular complexity index is 871. The van der Waals surface area contributed by atoms with Gasteiger partial charge in [0.25, 0.3) is 18.2 Å². The van der Waals surface area contributed by atoms with Gasteiger partial charge in [-0.1, -0.05) is 11.6 Å². The van der Waals surface area contributed by atoms with E-state index in [1.54, 1.807) is 0 Å². The zero-order valence-electron chi connectivity index (χ0n) is 15.4. The van der Waals surface area contributed by atoms with Gasteiger partial charge in [-0.15, -0.1) is 0 Å². The monoisotopic (exact) mass is 448 g/mol. The molecule has 0 fully saturated rings. The largest absolute Gasteiger partial charge is 0.484 e. The first kappa shape index (κ1) is 23.3. The lowest BCUT2D eigenvalue weighted by Gasteiger charge is -2.11. The van der Waals surface area contributed by atoms with E-state index in [1.165, 1.54) is 12.1 Å². The average molecular weight is 449 g/mol. The molecule has 0 radical (unpaired) electrons. The zero-order chi connectivity index (χ0) is 22.1. The average Bonchev–Trinajstić information content (AvgIpc) is 2.73. The molecule has 0 aliphatic rings. The van der Waals surface area contributed by atoms with Gasteiger partial charge in [-0.25, -0.2) is 22.5 Å². The van der Waals surface area contributed by atoms with E-state index >= 15 is 0 Å². The number of hydrogen-bond acceptors (Lipinski definition) is 5. The molecule has 1 atom stereocenters. The topological polar surface area (TPSA) is 93.2 Å². The molecule has 162 valence electrons. The van der Waals surface area contributed by atoms with Crippen molar-refractivity contribution in [3.63, 3.8) is 0 Å². The Morgan fingerprint density at radius 2 is 1.90 bits per heavy atom. The van der Waals surface area contributed by atoms with Crippen LogP contribution in [0.2, 0.25) is 5.02 Å². The van der Waals surface area contributed by atoms with E-state index in [4.69, 9.17) is 16.3 Å². The van der Waals surface area contributed by atoms with Crippen LogP contribution in [0.3, 0.4) is 0 Å². The molecule has 1 aromatic carbocycles. The van der Waals surface area contributed by atoms with Crippen molar-refractivity contribution < 1.29 is 31.9 Å². The minimum atomic E-state index is -2.81. The third kappa shape index (κ3) is 7.47. The molecule has 1 heterocycles. The maximum Gasteiger partial charge on any atom is 0.281 e. The minimum Gasteiger partial charge on any atom is -0.484 e. The van der Waals surface area contributed by atoms with Crippen LogP contribution in [-0.2, 0) is 4.79 Å². The maximum atomic E-state index is 13.8. The lowest BCUT2D eigenvalue weighted by atomic mass is 10.2. The van der Waals surface area contributed by atoms with Gasteiger partial charge in [0.2, 0.25) is 0 Å². The first-order chi connectivity index (χ1) is 14.3. The fourth-order valence-electron chi connectivity index (χ4n) is 2.10. The number of ether oxygens (including phenoxy) is 1.